The van der Waals surface area contributed by atoms with Gasteiger partial charge in [-0.25, -0.2) is 4.79 Å². The lowest BCUT2D eigenvalue weighted by molar-refractivity contribution is 0.0487. The fourth-order valence-electron chi connectivity index (χ4n) is 2.53. The SMILES string of the molecule is CCCCc1ccc(NN2COC(=O)c3ccccc32)cc1. The summed E-state index contributed by atoms with van der Waals surface area (Å²) >= 11 is 0. The van der Waals surface area contributed by atoms with Crippen LogP contribution >= 0.6 is 0 Å². The molecular weight excluding hydrogens is 276 g/mol. The van der Waals surface area contributed by atoms with Gasteiger partial charge in [0, 0.05) is 0 Å². The number of aryl methyl sites for hydroxylation is 1. The van der Waals surface area contributed by atoms with Crippen molar-refractivity contribution in [2.75, 3.05) is 17.2 Å². The third kappa shape index (κ3) is 3.06. The molecule has 0 aromatic heterocycles. The standard InChI is InChI=1S/C18H20N2O2/c1-2-3-6-14-9-11-15(12-10-14)19-20-13-22-18(21)16-7-4-5-8-17(16)20/h4-5,7-12,19H,2-3,6,13H2,1H3. The monoisotopic (exact) mass is 296 g/mol. The number of hydrogen-bond donors (Lipinski definition) is 1. The fourth-order valence-corrected chi connectivity index (χ4v) is 2.53. The van der Waals surface area contributed by atoms with Crippen LogP contribution in [0.25, 0.3) is 0 Å². The Balaban J connectivity index is 1.74. The van der Waals surface area contributed by atoms with Crippen LogP contribution in [0.1, 0.15) is 35.7 Å². The highest BCUT2D eigenvalue weighted by atomic mass is 16.5. The molecule has 0 bridgehead atoms. The second kappa shape index (κ2) is 6.52. The predicted molar refractivity (Wildman–Crippen MR) is 87.9 cm³/mol. The highest BCUT2D eigenvalue weighted by molar-refractivity contribution is 5.97. The van der Waals surface area contributed by atoms with Gasteiger partial charge in [0.1, 0.15) is 0 Å². The van der Waals surface area contributed by atoms with E-state index in [1.54, 1.807) is 6.07 Å². The first kappa shape index (κ1) is 14.4. The third-order valence-electron chi connectivity index (χ3n) is 3.78. The lowest BCUT2D eigenvalue weighted by Gasteiger charge is -2.31. The number of hydrogen-bond acceptors (Lipinski definition) is 4. The number of ether oxygens (including phenoxy) is 1. The summed E-state index contributed by atoms with van der Waals surface area (Å²) < 4.78 is 5.19. The van der Waals surface area contributed by atoms with Gasteiger partial charge in [-0.2, -0.15) is 0 Å². The number of nitrogens with one attached hydrogen (secondary N) is 1. The molecule has 2 aromatic rings. The Labute approximate surface area is 130 Å². The van der Waals surface area contributed by atoms with Gasteiger partial charge in [0.05, 0.1) is 16.9 Å². The second-order valence-corrected chi connectivity index (χ2v) is 5.42. The van der Waals surface area contributed by atoms with E-state index >= 15 is 0 Å². The average Bonchev–Trinajstić information content (AvgIpc) is 2.57. The van der Waals surface area contributed by atoms with E-state index in [0.29, 0.717) is 5.56 Å². The Kier molecular flexibility index (Phi) is 4.28. The van der Waals surface area contributed by atoms with Gasteiger partial charge in [-0.1, -0.05) is 37.6 Å². The minimum absolute atomic E-state index is 0.202. The Hall–Kier alpha value is -2.49. The van der Waals surface area contributed by atoms with E-state index < -0.39 is 0 Å². The number of carbonyl (C=O) groups is 1. The number of benzene rings is 2. The van der Waals surface area contributed by atoms with Gasteiger partial charge in [-0.3, -0.25) is 10.4 Å². The summed E-state index contributed by atoms with van der Waals surface area (Å²) in [5, 5.41) is 1.85. The van der Waals surface area contributed by atoms with Gasteiger partial charge < -0.3 is 4.74 Å². The molecule has 0 radical (unpaired) electrons. The maximum absolute atomic E-state index is 11.8. The van der Waals surface area contributed by atoms with E-state index in [1.807, 2.05) is 23.2 Å². The van der Waals surface area contributed by atoms with Crippen molar-refractivity contribution in [3.8, 4) is 0 Å². The van der Waals surface area contributed by atoms with Gasteiger partial charge in [-0.05, 0) is 42.7 Å². The summed E-state index contributed by atoms with van der Waals surface area (Å²) in [5.74, 6) is -0.274. The zero-order chi connectivity index (χ0) is 15.4. The molecule has 3 rings (SSSR count). The van der Waals surface area contributed by atoms with Gasteiger partial charge >= 0.3 is 5.97 Å². The lowest BCUT2D eigenvalue weighted by atomic mass is 10.1. The quantitative estimate of drug-likeness (QED) is 0.847. The van der Waals surface area contributed by atoms with Crippen LogP contribution in [0.5, 0.6) is 0 Å². The fraction of sp³-hybridized carbons (Fsp3) is 0.278. The van der Waals surface area contributed by atoms with Crippen molar-refractivity contribution in [2.24, 2.45) is 0 Å². The molecule has 0 fully saturated rings. The highest BCUT2D eigenvalue weighted by Crippen LogP contribution is 2.26. The number of para-hydroxylation sites is 1. The molecule has 22 heavy (non-hydrogen) atoms. The molecule has 4 nitrogen and oxygen atoms in total. The predicted octanol–water partition coefficient (Wildman–Crippen LogP) is 3.99. The summed E-state index contributed by atoms with van der Waals surface area (Å²) in [6.45, 7) is 2.40. The van der Waals surface area contributed by atoms with E-state index in [0.717, 1.165) is 17.8 Å². The molecule has 2 aromatic carbocycles. The summed E-state index contributed by atoms with van der Waals surface area (Å²) in [7, 11) is 0. The minimum Gasteiger partial charge on any atom is -0.439 e. The highest BCUT2D eigenvalue weighted by Gasteiger charge is 2.23. The van der Waals surface area contributed by atoms with Crippen LogP contribution in [-0.2, 0) is 11.2 Å². The van der Waals surface area contributed by atoms with Gasteiger partial charge in [0.25, 0.3) is 0 Å². The summed E-state index contributed by atoms with van der Waals surface area (Å²) in [6.07, 6.45) is 3.53. The first-order valence-corrected chi connectivity index (χ1v) is 7.67. The number of anilines is 2. The molecule has 1 aliphatic rings. The third-order valence-corrected chi connectivity index (χ3v) is 3.78. The first-order valence-electron chi connectivity index (χ1n) is 7.67. The van der Waals surface area contributed by atoms with Gasteiger partial charge in [-0.15, -0.1) is 0 Å². The zero-order valence-electron chi connectivity index (χ0n) is 12.7. The Morgan fingerprint density at radius 3 is 2.68 bits per heavy atom. The number of unbranched alkanes of at least 4 members (excludes halogenated alkanes) is 1. The Morgan fingerprint density at radius 2 is 1.91 bits per heavy atom. The van der Waals surface area contributed by atoms with Gasteiger partial charge in [0.15, 0.2) is 6.73 Å². The molecule has 0 aliphatic carbocycles. The molecule has 4 heteroatoms. The van der Waals surface area contributed by atoms with E-state index in [-0.39, 0.29) is 12.7 Å². The summed E-state index contributed by atoms with van der Waals surface area (Å²) in [4.78, 5) is 11.8. The average molecular weight is 296 g/mol. The maximum atomic E-state index is 11.8. The minimum atomic E-state index is -0.274. The molecule has 1 aliphatic heterocycles. The van der Waals surface area contributed by atoms with Crippen molar-refractivity contribution in [2.45, 2.75) is 26.2 Å². The van der Waals surface area contributed by atoms with Crippen molar-refractivity contribution in [1.82, 2.24) is 0 Å². The summed E-state index contributed by atoms with van der Waals surface area (Å²) in [6, 6.07) is 15.8. The number of fused-ring (bicyclic) bond motifs is 1. The van der Waals surface area contributed by atoms with Crippen molar-refractivity contribution < 1.29 is 9.53 Å². The van der Waals surface area contributed by atoms with Crippen LogP contribution < -0.4 is 10.4 Å². The number of nitrogens with zero attached hydrogens (tertiary/aromatic N) is 1. The maximum Gasteiger partial charge on any atom is 0.342 e. The molecule has 0 unspecified atom stereocenters. The van der Waals surface area contributed by atoms with Gasteiger partial charge in [0.2, 0.25) is 0 Å². The number of cyclic esters (lactones) is 1. The van der Waals surface area contributed by atoms with E-state index in [9.17, 15) is 4.79 Å². The van der Waals surface area contributed by atoms with Crippen LogP contribution in [0, 0.1) is 0 Å². The van der Waals surface area contributed by atoms with Crippen LogP contribution in [0.15, 0.2) is 48.5 Å². The topological polar surface area (TPSA) is 41.6 Å². The van der Waals surface area contributed by atoms with Crippen molar-refractivity contribution >= 4 is 17.3 Å². The van der Waals surface area contributed by atoms with E-state index in [4.69, 9.17) is 4.74 Å². The largest absolute Gasteiger partial charge is 0.439 e. The van der Waals surface area contributed by atoms with E-state index in [1.165, 1.54) is 18.4 Å². The molecule has 0 saturated carbocycles. The molecule has 0 saturated heterocycles. The Morgan fingerprint density at radius 1 is 1.14 bits per heavy atom. The zero-order valence-corrected chi connectivity index (χ0v) is 12.7. The van der Waals surface area contributed by atoms with Crippen molar-refractivity contribution in [1.29, 1.82) is 0 Å². The number of esters is 1. The smallest absolute Gasteiger partial charge is 0.342 e. The lowest BCUT2D eigenvalue weighted by Crippen LogP contribution is -2.38. The first-order chi connectivity index (χ1) is 10.8. The summed E-state index contributed by atoms with van der Waals surface area (Å²) in [5.41, 5.74) is 7.05. The number of rotatable bonds is 5. The number of carbonyl (C=O) groups excluding carboxylic acids is 1. The van der Waals surface area contributed by atoms with Crippen molar-refractivity contribution in [3.05, 3.63) is 59.7 Å². The van der Waals surface area contributed by atoms with Crippen LogP contribution in [0.2, 0.25) is 0 Å². The van der Waals surface area contributed by atoms with Crippen LogP contribution in [-0.4, -0.2) is 12.7 Å². The van der Waals surface area contributed by atoms with Crippen molar-refractivity contribution in [3.63, 3.8) is 0 Å². The molecule has 0 amide bonds. The molecule has 1 heterocycles. The molecule has 1 N–H and O–H groups in total. The second-order valence-electron chi connectivity index (χ2n) is 5.42. The molecule has 0 spiro atoms. The molecular formula is C18H20N2O2. The molecule has 114 valence electrons. The Bertz CT molecular complexity index is 652. The van der Waals surface area contributed by atoms with E-state index in [2.05, 4.69) is 36.6 Å². The van der Waals surface area contributed by atoms with Crippen LogP contribution in [0.3, 0.4) is 0 Å². The van der Waals surface area contributed by atoms with Crippen LogP contribution in [0.4, 0.5) is 11.4 Å². The molecule has 0 atom stereocenters. The number of hydrazine groups is 1. The normalized spacial score (nSPS) is 13.5.